The molecule has 1 N–H and O–H groups in total. The third-order valence-corrected chi connectivity index (χ3v) is 5.71. The number of hydrogen-bond acceptors (Lipinski definition) is 6. The van der Waals surface area contributed by atoms with Crippen LogP contribution in [0.5, 0.6) is 0 Å². The number of nitrogens with zero attached hydrogens (tertiary/aromatic N) is 3. The third kappa shape index (κ3) is 5.09. The predicted molar refractivity (Wildman–Crippen MR) is 123 cm³/mol. The molecule has 0 aliphatic heterocycles. The monoisotopic (exact) mass is 446 g/mol. The van der Waals surface area contributed by atoms with Crippen molar-refractivity contribution in [3.63, 3.8) is 0 Å². The van der Waals surface area contributed by atoms with Crippen molar-refractivity contribution in [3.8, 4) is 16.4 Å². The second-order valence-corrected chi connectivity index (χ2v) is 8.03. The van der Waals surface area contributed by atoms with Gasteiger partial charge in [0.25, 0.3) is 11.7 Å². The summed E-state index contributed by atoms with van der Waals surface area (Å²) in [7, 11) is 0. The lowest BCUT2D eigenvalue weighted by atomic mass is 10.1. The predicted octanol–water partition coefficient (Wildman–Crippen LogP) is 3.82. The van der Waals surface area contributed by atoms with Crippen molar-refractivity contribution in [1.29, 1.82) is 0 Å². The minimum absolute atomic E-state index is 0.0926. The van der Waals surface area contributed by atoms with Gasteiger partial charge in [-0.05, 0) is 48.1 Å². The summed E-state index contributed by atoms with van der Waals surface area (Å²) in [4.78, 5) is 29.9. The first-order valence-corrected chi connectivity index (χ1v) is 11.0. The first-order chi connectivity index (χ1) is 15.6. The number of ether oxygens (including phenoxy) is 1. The molecule has 0 saturated heterocycles. The van der Waals surface area contributed by atoms with Crippen LogP contribution in [0.25, 0.3) is 16.4 Å². The molecule has 0 atom stereocenters. The van der Waals surface area contributed by atoms with Gasteiger partial charge in [0.2, 0.25) is 0 Å². The molecule has 4 aromatic rings. The standard InChI is InChI=1S/C24H22N4O3S/c1-17-8-5-6-9-18(17)13-14-25-21(29)16-31-24(30)22-26-23(20-12-7-15-32-20)28(27-22)19-10-3-2-4-11-19/h2-12,15H,13-14,16H2,1H3,(H,25,29). The molecule has 2 heterocycles. The maximum Gasteiger partial charge on any atom is 0.378 e. The van der Waals surface area contributed by atoms with Crippen LogP contribution in [0.2, 0.25) is 0 Å². The van der Waals surface area contributed by atoms with Gasteiger partial charge in [-0.15, -0.1) is 16.4 Å². The minimum atomic E-state index is -0.744. The van der Waals surface area contributed by atoms with Crippen molar-refractivity contribution >= 4 is 23.2 Å². The SMILES string of the molecule is Cc1ccccc1CCNC(=O)COC(=O)c1nc(-c2cccs2)n(-c2ccccc2)n1. The lowest BCUT2D eigenvalue weighted by Crippen LogP contribution is -2.30. The number of carbonyl (C=O) groups excluding carboxylic acids is 2. The smallest absolute Gasteiger partial charge is 0.378 e. The Morgan fingerprint density at radius 2 is 1.81 bits per heavy atom. The van der Waals surface area contributed by atoms with E-state index in [-0.39, 0.29) is 18.3 Å². The van der Waals surface area contributed by atoms with Crippen LogP contribution in [0.4, 0.5) is 0 Å². The molecule has 0 unspecified atom stereocenters. The topological polar surface area (TPSA) is 86.1 Å². The number of aryl methyl sites for hydroxylation is 1. The molecule has 0 aliphatic carbocycles. The van der Waals surface area contributed by atoms with Gasteiger partial charge in [-0.25, -0.2) is 9.48 Å². The Balaban J connectivity index is 1.38. The van der Waals surface area contributed by atoms with E-state index in [1.807, 2.05) is 79.0 Å². The van der Waals surface area contributed by atoms with Crippen molar-refractivity contribution in [2.45, 2.75) is 13.3 Å². The number of amides is 1. The lowest BCUT2D eigenvalue weighted by molar-refractivity contribution is -0.124. The lowest BCUT2D eigenvalue weighted by Gasteiger charge is -2.07. The number of rotatable bonds is 8. The number of hydrogen-bond donors (Lipinski definition) is 1. The van der Waals surface area contributed by atoms with Crippen molar-refractivity contribution < 1.29 is 14.3 Å². The summed E-state index contributed by atoms with van der Waals surface area (Å²) in [6.45, 7) is 2.11. The van der Waals surface area contributed by atoms with E-state index in [2.05, 4.69) is 15.4 Å². The molecule has 7 nitrogen and oxygen atoms in total. The van der Waals surface area contributed by atoms with Gasteiger partial charge in [0.15, 0.2) is 12.4 Å². The van der Waals surface area contributed by atoms with Crippen LogP contribution < -0.4 is 5.32 Å². The van der Waals surface area contributed by atoms with Crippen LogP contribution in [0.15, 0.2) is 72.1 Å². The summed E-state index contributed by atoms with van der Waals surface area (Å²) >= 11 is 1.50. The Hall–Kier alpha value is -3.78. The van der Waals surface area contributed by atoms with E-state index in [1.54, 1.807) is 4.68 Å². The van der Waals surface area contributed by atoms with E-state index in [9.17, 15) is 9.59 Å². The molecule has 2 aromatic carbocycles. The summed E-state index contributed by atoms with van der Waals surface area (Å²) < 4.78 is 6.75. The molecule has 8 heteroatoms. The zero-order valence-corrected chi connectivity index (χ0v) is 18.3. The fraction of sp³-hybridized carbons (Fsp3) is 0.167. The van der Waals surface area contributed by atoms with Crippen LogP contribution in [-0.2, 0) is 16.0 Å². The van der Waals surface area contributed by atoms with Gasteiger partial charge in [-0.1, -0.05) is 48.5 Å². The van der Waals surface area contributed by atoms with Crippen molar-refractivity contribution in [2.24, 2.45) is 0 Å². The molecular formula is C24H22N4O3S. The molecule has 0 radical (unpaired) electrons. The van der Waals surface area contributed by atoms with E-state index in [0.29, 0.717) is 18.8 Å². The Labute approximate surface area is 189 Å². The van der Waals surface area contributed by atoms with E-state index >= 15 is 0 Å². The molecule has 0 fully saturated rings. The fourth-order valence-electron chi connectivity index (χ4n) is 3.19. The number of esters is 1. The highest BCUT2D eigenvalue weighted by molar-refractivity contribution is 7.13. The van der Waals surface area contributed by atoms with Gasteiger partial charge in [-0.3, -0.25) is 4.79 Å². The van der Waals surface area contributed by atoms with Gasteiger partial charge in [0.1, 0.15) is 0 Å². The molecule has 32 heavy (non-hydrogen) atoms. The first-order valence-electron chi connectivity index (χ1n) is 10.2. The second kappa shape index (κ2) is 10.0. The van der Waals surface area contributed by atoms with E-state index in [4.69, 9.17) is 4.74 Å². The van der Waals surface area contributed by atoms with Crippen LogP contribution in [0.1, 0.15) is 21.7 Å². The van der Waals surface area contributed by atoms with Crippen LogP contribution >= 0.6 is 11.3 Å². The second-order valence-electron chi connectivity index (χ2n) is 7.09. The number of aromatic nitrogens is 3. The summed E-state index contributed by atoms with van der Waals surface area (Å²) in [6.07, 6.45) is 0.708. The summed E-state index contributed by atoms with van der Waals surface area (Å²) in [5.74, 6) is -0.662. The van der Waals surface area contributed by atoms with Gasteiger partial charge < -0.3 is 10.1 Å². The molecule has 0 aliphatic rings. The number of nitrogens with one attached hydrogen (secondary N) is 1. The van der Waals surface area contributed by atoms with E-state index < -0.39 is 5.97 Å². The highest BCUT2D eigenvalue weighted by Crippen LogP contribution is 2.25. The number of para-hydroxylation sites is 1. The van der Waals surface area contributed by atoms with E-state index in [1.165, 1.54) is 22.5 Å². The molecule has 0 bridgehead atoms. The van der Waals surface area contributed by atoms with Gasteiger partial charge in [-0.2, -0.15) is 4.98 Å². The molecule has 4 rings (SSSR count). The molecule has 0 saturated carbocycles. The Morgan fingerprint density at radius 1 is 1.03 bits per heavy atom. The highest BCUT2D eigenvalue weighted by Gasteiger charge is 2.21. The van der Waals surface area contributed by atoms with Gasteiger partial charge >= 0.3 is 5.97 Å². The van der Waals surface area contributed by atoms with Crippen LogP contribution in [0.3, 0.4) is 0 Å². The highest BCUT2D eigenvalue weighted by atomic mass is 32.1. The van der Waals surface area contributed by atoms with Crippen LogP contribution in [0, 0.1) is 6.92 Å². The average Bonchev–Trinajstić information content (AvgIpc) is 3.49. The quantitative estimate of drug-likeness (QED) is 0.416. The zero-order valence-electron chi connectivity index (χ0n) is 17.5. The summed E-state index contributed by atoms with van der Waals surface area (Å²) in [6, 6.07) is 21.2. The summed E-state index contributed by atoms with van der Waals surface area (Å²) in [5.41, 5.74) is 3.12. The van der Waals surface area contributed by atoms with Crippen molar-refractivity contribution in [3.05, 3.63) is 89.1 Å². The number of benzene rings is 2. The van der Waals surface area contributed by atoms with Crippen molar-refractivity contribution in [2.75, 3.05) is 13.2 Å². The Morgan fingerprint density at radius 3 is 2.56 bits per heavy atom. The maximum absolute atomic E-state index is 12.5. The average molecular weight is 447 g/mol. The van der Waals surface area contributed by atoms with E-state index in [0.717, 1.165) is 10.6 Å². The first kappa shape index (κ1) is 21.5. The third-order valence-electron chi connectivity index (χ3n) is 4.84. The normalized spacial score (nSPS) is 10.7. The Bertz CT molecular complexity index is 1200. The molecule has 2 aromatic heterocycles. The minimum Gasteiger partial charge on any atom is -0.450 e. The summed E-state index contributed by atoms with van der Waals surface area (Å²) in [5, 5.41) is 9.03. The fourth-order valence-corrected chi connectivity index (χ4v) is 3.89. The number of thiophene rings is 1. The van der Waals surface area contributed by atoms with Gasteiger partial charge in [0, 0.05) is 6.54 Å². The Kier molecular flexibility index (Phi) is 6.72. The number of carbonyl (C=O) groups is 2. The maximum atomic E-state index is 12.5. The van der Waals surface area contributed by atoms with Gasteiger partial charge in [0.05, 0.1) is 10.6 Å². The van der Waals surface area contributed by atoms with Crippen LogP contribution in [-0.4, -0.2) is 39.8 Å². The van der Waals surface area contributed by atoms with Crippen molar-refractivity contribution in [1.82, 2.24) is 20.1 Å². The zero-order chi connectivity index (χ0) is 22.3. The molecular weight excluding hydrogens is 424 g/mol. The molecule has 0 spiro atoms. The molecule has 162 valence electrons. The largest absolute Gasteiger partial charge is 0.450 e. The molecule has 1 amide bonds.